The number of carboxylic acid groups (broad SMARTS) is 1. The third-order valence-corrected chi connectivity index (χ3v) is 2.22. The van der Waals surface area contributed by atoms with E-state index in [4.69, 9.17) is 9.84 Å². The van der Waals surface area contributed by atoms with Gasteiger partial charge in [-0.3, -0.25) is 4.79 Å². The molecule has 0 aliphatic heterocycles. The van der Waals surface area contributed by atoms with E-state index >= 15 is 0 Å². The van der Waals surface area contributed by atoms with Crippen LogP contribution in [0.2, 0.25) is 0 Å². The highest BCUT2D eigenvalue weighted by molar-refractivity contribution is 5.72. The molecule has 17 heavy (non-hydrogen) atoms. The van der Waals surface area contributed by atoms with Crippen LogP contribution in [0.5, 0.6) is 5.75 Å². The van der Waals surface area contributed by atoms with Crippen molar-refractivity contribution in [1.29, 1.82) is 0 Å². The topological polar surface area (TPSA) is 58.6 Å². The van der Waals surface area contributed by atoms with E-state index in [9.17, 15) is 9.18 Å². The monoisotopic (exact) mass is 241 g/mol. The van der Waals surface area contributed by atoms with Gasteiger partial charge in [-0.2, -0.15) is 0 Å². The van der Waals surface area contributed by atoms with Crippen LogP contribution < -0.4 is 10.1 Å². The van der Waals surface area contributed by atoms with E-state index in [0.29, 0.717) is 25.3 Å². The number of carboxylic acids is 1. The molecule has 1 rings (SSSR count). The Kier molecular flexibility index (Phi) is 5.42. The lowest BCUT2D eigenvalue weighted by molar-refractivity contribution is -0.139. The van der Waals surface area contributed by atoms with Crippen molar-refractivity contribution < 1.29 is 19.0 Å². The van der Waals surface area contributed by atoms with Crippen molar-refractivity contribution in [2.24, 2.45) is 0 Å². The lowest BCUT2D eigenvalue weighted by Gasteiger charge is -2.09. The van der Waals surface area contributed by atoms with Crippen LogP contribution >= 0.6 is 0 Å². The van der Waals surface area contributed by atoms with Crippen LogP contribution in [-0.4, -0.2) is 30.3 Å². The number of benzene rings is 1. The maximum Gasteiger partial charge on any atom is 0.320 e. The van der Waals surface area contributed by atoms with Gasteiger partial charge in [-0.05, 0) is 44.2 Å². The van der Waals surface area contributed by atoms with Crippen LogP contribution in [0.1, 0.15) is 13.3 Å². The van der Waals surface area contributed by atoms with Crippen molar-refractivity contribution in [1.82, 2.24) is 5.32 Å². The minimum atomic E-state index is -0.871. The quantitative estimate of drug-likeness (QED) is 0.713. The first-order valence-electron chi connectivity index (χ1n) is 5.44. The Morgan fingerprint density at radius 2 is 2.12 bits per heavy atom. The highest BCUT2D eigenvalue weighted by Crippen LogP contribution is 2.10. The molecule has 5 heteroatoms. The molecule has 1 aromatic carbocycles. The van der Waals surface area contributed by atoms with Gasteiger partial charge in [0.1, 0.15) is 17.6 Å². The first-order valence-corrected chi connectivity index (χ1v) is 5.44. The first-order chi connectivity index (χ1) is 8.09. The third-order valence-electron chi connectivity index (χ3n) is 2.22. The van der Waals surface area contributed by atoms with Crippen molar-refractivity contribution in [3.8, 4) is 5.75 Å². The van der Waals surface area contributed by atoms with Gasteiger partial charge in [0.15, 0.2) is 0 Å². The van der Waals surface area contributed by atoms with E-state index in [1.165, 1.54) is 12.1 Å². The Hall–Kier alpha value is -1.62. The fourth-order valence-corrected chi connectivity index (χ4v) is 1.20. The molecule has 0 aromatic heterocycles. The van der Waals surface area contributed by atoms with Crippen LogP contribution in [0, 0.1) is 5.82 Å². The summed E-state index contributed by atoms with van der Waals surface area (Å²) in [5, 5.41) is 11.5. The maximum absolute atomic E-state index is 12.6. The van der Waals surface area contributed by atoms with Crippen LogP contribution in [0.25, 0.3) is 0 Å². The van der Waals surface area contributed by atoms with E-state index in [1.807, 2.05) is 0 Å². The summed E-state index contributed by atoms with van der Waals surface area (Å²) < 4.78 is 17.9. The van der Waals surface area contributed by atoms with Crippen molar-refractivity contribution in [3.05, 3.63) is 30.1 Å². The summed E-state index contributed by atoms with van der Waals surface area (Å²) in [6, 6.07) is 5.23. The number of halogens is 1. The Labute approximate surface area is 99.4 Å². The number of nitrogens with one attached hydrogen (secondary N) is 1. The molecule has 0 bridgehead atoms. The summed E-state index contributed by atoms with van der Waals surface area (Å²) in [4.78, 5) is 10.5. The molecule has 2 N–H and O–H groups in total. The zero-order valence-electron chi connectivity index (χ0n) is 9.65. The van der Waals surface area contributed by atoms with Gasteiger partial charge in [0.25, 0.3) is 0 Å². The smallest absolute Gasteiger partial charge is 0.320 e. The molecule has 1 unspecified atom stereocenters. The molecule has 1 atom stereocenters. The van der Waals surface area contributed by atoms with E-state index in [2.05, 4.69) is 5.32 Å². The van der Waals surface area contributed by atoms with Gasteiger partial charge in [0.05, 0.1) is 6.61 Å². The van der Waals surface area contributed by atoms with Crippen molar-refractivity contribution in [3.63, 3.8) is 0 Å². The Morgan fingerprint density at radius 3 is 2.71 bits per heavy atom. The first kappa shape index (κ1) is 13.4. The molecule has 0 fully saturated rings. The second-order valence-electron chi connectivity index (χ2n) is 3.67. The van der Waals surface area contributed by atoms with Gasteiger partial charge in [0.2, 0.25) is 0 Å². The molecule has 0 saturated carbocycles. The average molecular weight is 241 g/mol. The number of hydrogen-bond donors (Lipinski definition) is 2. The molecule has 0 heterocycles. The molecule has 0 aliphatic rings. The zero-order chi connectivity index (χ0) is 12.7. The lowest BCUT2D eigenvalue weighted by atomic mass is 10.3. The summed E-state index contributed by atoms with van der Waals surface area (Å²) in [6.07, 6.45) is 0.689. The minimum absolute atomic E-state index is 0.297. The normalized spacial score (nSPS) is 12.1. The van der Waals surface area contributed by atoms with Gasteiger partial charge < -0.3 is 15.2 Å². The third kappa shape index (κ3) is 5.31. The van der Waals surface area contributed by atoms with Crippen LogP contribution in [0.4, 0.5) is 4.39 Å². The minimum Gasteiger partial charge on any atom is -0.494 e. The Bertz CT molecular complexity index is 353. The predicted octanol–water partition coefficient (Wildman–Crippen LogP) is 1.66. The number of ether oxygens (including phenoxy) is 1. The van der Waals surface area contributed by atoms with Gasteiger partial charge in [-0.1, -0.05) is 0 Å². The van der Waals surface area contributed by atoms with E-state index in [1.54, 1.807) is 19.1 Å². The van der Waals surface area contributed by atoms with Gasteiger partial charge in [-0.25, -0.2) is 4.39 Å². The fraction of sp³-hybridized carbons (Fsp3) is 0.417. The van der Waals surface area contributed by atoms with Crippen LogP contribution in [0.3, 0.4) is 0 Å². The van der Waals surface area contributed by atoms with E-state index in [-0.39, 0.29) is 5.82 Å². The largest absolute Gasteiger partial charge is 0.494 e. The number of rotatable bonds is 7. The molecular weight excluding hydrogens is 225 g/mol. The molecule has 0 spiro atoms. The van der Waals surface area contributed by atoms with Gasteiger partial charge in [-0.15, -0.1) is 0 Å². The van der Waals surface area contributed by atoms with Crippen molar-refractivity contribution in [2.45, 2.75) is 19.4 Å². The summed E-state index contributed by atoms with van der Waals surface area (Å²) >= 11 is 0. The van der Waals surface area contributed by atoms with E-state index in [0.717, 1.165) is 0 Å². The van der Waals surface area contributed by atoms with E-state index < -0.39 is 12.0 Å². The molecule has 1 aromatic rings. The number of carbonyl (C=O) groups is 1. The summed E-state index contributed by atoms with van der Waals surface area (Å²) in [5.74, 6) is -0.559. The maximum atomic E-state index is 12.6. The number of hydrogen-bond acceptors (Lipinski definition) is 3. The second kappa shape index (κ2) is 6.85. The molecule has 4 nitrogen and oxygen atoms in total. The van der Waals surface area contributed by atoms with Crippen LogP contribution in [0.15, 0.2) is 24.3 Å². The highest BCUT2D eigenvalue weighted by atomic mass is 19.1. The van der Waals surface area contributed by atoms with Gasteiger partial charge in [0, 0.05) is 0 Å². The van der Waals surface area contributed by atoms with Crippen molar-refractivity contribution in [2.75, 3.05) is 13.2 Å². The summed E-state index contributed by atoms with van der Waals surface area (Å²) in [6.45, 7) is 2.61. The van der Waals surface area contributed by atoms with Crippen LogP contribution in [-0.2, 0) is 4.79 Å². The Balaban J connectivity index is 2.12. The lowest BCUT2D eigenvalue weighted by Crippen LogP contribution is -2.34. The molecule has 0 saturated heterocycles. The number of aliphatic carboxylic acids is 1. The second-order valence-corrected chi connectivity index (χ2v) is 3.67. The average Bonchev–Trinajstić information content (AvgIpc) is 2.30. The molecule has 94 valence electrons. The zero-order valence-corrected chi connectivity index (χ0v) is 9.65. The summed E-state index contributed by atoms with van der Waals surface area (Å²) in [5.41, 5.74) is 0. The molecule has 0 amide bonds. The van der Waals surface area contributed by atoms with Gasteiger partial charge >= 0.3 is 5.97 Å². The standard InChI is InChI=1S/C12H16FNO3/c1-9(12(15)16)14-7-2-8-17-11-5-3-10(13)4-6-11/h3-6,9,14H,2,7-8H2,1H3,(H,15,16). The molecule has 0 aliphatic carbocycles. The molecule has 0 radical (unpaired) electrons. The predicted molar refractivity (Wildman–Crippen MR) is 61.6 cm³/mol. The molecular formula is C12H16FNO3. The summed E-state index contributed by atoms with van der Waals surface area (Å²) in [7, 11) is 0. The Morgan fingerprint density at radius 1 is 1.47 bits per heavy atom. The highest BCUT2D eigenvalue weighted by Gasteiger charge is 2.08. The van der Waals surface area contributed by atoms with Crippen molar-refractivity contribution >= 4 is 5.97 Å². The fourth-order valence-electron chi connectivity index (χ4n) is 1.20. The SMILES string of the molecule is CC(NCCCOc1ccc(F)cc1)C(=O)O.